The Morgan fingerprint density at radius 2 is 1.76 bits per heavy atom. The van der Waals surface area contributed by atoms with Gasteiger partial charge in [0.05, 0.1) is 5.69 Å². The van der Waals surface area contributed by atoms with Gasteiger partial charge in [-0.3, -0.25) is 0 Å². The molecule has 0 aliphatic heterocycles. The van der Waals surface area contributed by atoms with Crippen LogP contribution in [-0.2, 0) is 6.42 Å². The fourth-order valence-electron chi connectivity index (χ4n) is 3.79. The van der Waals surface area contributed by atoms with E-state index < -0.39 is 6.36 Å². The summed E-state index contributed by atoms with van der Waals surface area (Å²) in [6, 6.07) is 20.8. The van der Waals surface area contributed by atoms with Gasteiger partial charge < -0.3 is 15.4 Å². The molecule has 2 N–H and O–H groups in total. The lowest BCUT2D eigenvalue weighted by Gasteiger charge is -2.10. The number of alkyl halides is 3. The van der Waals surface area contributed by atoms with E-state index in [1.807, 2.05) is 48.5 Å². The molecule has 38 heavy (non-hydrogen) atoms. The van der Waals surface area contributed by atoms with E-state index in [2.05, 4.69) is 39.3 Å². The summed E-state index contributed by atoms with van der Waals surface area (Å²) in [5.41, 5.74) is 4.42. The first-order valence-corrected chi connectivity index (χ1v) is 12.2. The fourth-order valence-corrected chi connectivity index (χ4v) is 3.79. The highest BCUT2D eigenvalue weighted by Gasteiger charge is 2.31. The molecule has 2 amide bonds. The van der Waals surface area contributed by atoms with Crippen molar-refractivity contribution < 1.29 is 22.7 Å². The molecule has 10 heteroatoms. The van der Waals surface area contributed by atoms with E-state index in [1.54, 1.807) is 0 Å². The second-order valence-corrected chi connectivity index (χ2v) is 9.02. The average molecular weight is 524 g/mol. The van der Waals surface area contributed by atoms with Gasteiger partial charge in [0, 0.05) is 17.8 Å². The maximum absolute atomic E-state index is 12.3. The number of carbonyl (C=O) groups excluding carboxylic acids is 1. The minimum absolute atomic E-state index is 0.231. The summed E-state index contributed by atoms with van der Waals surface area (Å²) in [6.45, 7) is 4.76. The monoisotopic (exact) mass is 523 g/mol. The largest absolute Gasteiger partial charge is 0.573 e. The zero-order chi connectivity index (χ0) is 27.1. The van der Waals surface area contributed by atoms with Gasteiger partial charge in [-0.05, 0) is 66.3 Å². The Bertz CT molecular complexity index is 1350. The summed E-state index contributed by atoms with van der Waals surface area (Å²) in [4.78, 5) is 16.5. The Hall–Kier alpha value is -4.34. The number of hydrogen-bond acceptors (Lipinski definition) is 4. The van der Waals surface area contributed by atoms with Crippen molar-refractivity contribution in [2.24, 2.45) is 0 Å². The van der Waals surface area contributed by atoms with Crippen molar-refractivity contribution in [3.05, 3.63) is 90.3 Å². The number of amides is 2. The molecule has 0 aliphatic carbocycles. The third-order valence-electron chi connectivity index (χ3n) is 5.78. The van der Waals surface area contributed by atoms with Crippen LogP contribution in [0.2, 0.25) is 0 Å². The van der Waals surface area contributed by atoms with Crippen LogP contribution in [-0.4, -0.2) is 33.7 Å². The molecule has 0 spiro atoms. The first-order valence-electron chi connectivity index (χ1n) is 12.2. The molecule has 3 aromatic carbocycles. The molecular weight excluding hydrogens is 495 g/mol. The predicted octanol–water partition coefficient (Wildman–Crippen LogP) is 6.71. The van der Waals surface area contributed by atoms with Crippen LogP contribution in [0.5, 0.6) is 5.75 Å². The van der Waals surface area contributed by atoms with Crippen molar-refractivity contribution in [3.8, 4) is 22.8 Å². The van der Waals surface area contributed by atoms with Gasteiger partial charge in [-0.25, -0.2) is 14.5 Å². The van der Waals surface area contributed by atoms with Crippen molar-refractivity contribution in [1.82, 2.24) is 20.1 Å². The maximum atomic E-state index is 12.3. The summed E-state index contributed by atoms with van der Waals surface area (Å²) < 4.78 is 42.4. The standard InChI is InChI=1S/C28H28F3N5O2/c1-19(2)22-6-3-7-23(17-22)34-27(37)32-16-4-5-20-8-10-21(11-9-20)26-33-18-36(35-26)24-12-14-25(15-13-24)38-28(29,30)31/h3,6-15,17-19H,4-5,16H2,1-2H3,(H2,32,34,37). The minimum Gasteiger partial charge on any atom is -0.406 e. The highest BCUT2D eigenvalue weighted by atomic mass is 19.4. The number of carbonyl (C=O) groups is 1. The summed E-state index contributed by atoms with van der Waals surface area (Å²) in [5, 5.41) is 10.2. The van der Waals surface area contributed by atoms with Crippen molar-refractivity contribution >= 4 is 11.7 Å². The fraction of sp³-hybridized carbons (Fsp3) is 0.250. The van der Waals surface area contributed by atoms with Crippen molar-refractivity contribution in [1.29, 1.82) is 0 Å². The normalized spacial score (nSPS) is 11.4. The molecule has 1 heterocycles. The van der Waals surface area contributed by atoms with E-state index in [9.17, 15) is 18.0 Å². The van der Waals surface area contributed by atoms with Crippen LogP contribution in [0.15, 0.2) is 79.1 Å². The van der Waals surface area contributed by atoms with E-state index in [0.717, 1.165) is 29.7 Å². The number of ether oxygens (including phenoxy) is 1. The van der Waals surface area contributed by atoms with Gasteiger partial charge in [0.1, 0.15) is 12.1 Å². The topological polar surface area (TPSA) is 81.1 Å². The molecule has 198 valence electrons. The van der Waals surface area contributed by atoms with Gasteiger partial charge in [-0.1, -0.05) is 50.2 Å². The molecule has 0 radical (unpaired) electrons. The van der Waals surface area contributed by atoms with Gasteiger partial charge >= 0.3 is 12.4 Å². The number of nitrogens with one attached hydrogen (secondary N) is 2. The molecule has 7 nitrogen and oxygen atoms in total. The van der Waals surface area contributed by atoms with Crippen LogP contribution in [0.1, 0.15) is 37.3 Å². The van der Waals surface area contributed by atoms with Gasteiger partial charge in [0.2, 0.25) is 0 Å². The van der Waals surface area contributed by atoms with E-state index in [1.165, 1.54) is 40.8 Å². The lowest BCUT2D eigenvalue weighted by molar-refractivity contribution is -0.274. The lowest BCUT2D eigenvalue weighted by Crippen LogP contribution is -2.29. The Kier molecular flexibility index (Phi) is 8.30. The van der Waals surface area contributed by atoms with E-state index in [0.29, 0.717) is 24.0 Å². The van der Waals surface area contributed by atoms with Crippen LogP contribution in [0.25, 0.3) is 17.1 Å². The first-order chi connectivity index (χ1) is 18.2. The summed E-state index contributed by atoms with van der Waals surface area (Å²) >= 11 is 0. The quantitative estimate of drug-likeness (QED) is 0.239. The number of halogens is 3. The third-order valence-corrected chi connectivity index (χ3v) is 5.78. The van der Waals surface area contributed by atoms with Gasteiger partial charge in [0.15, 0.2) is 5.82 Å². The van der Waals surface area contributed by atoms with Crippen LogP contribution in [0.3, 0.4) is 0 Å². The SMILES string of the molecule is CC(C)c1cccc(NC(=O)NCCCc2ccc(-c3ncn(-c4ccc(OC(F)(F)F)cc4)n3)cc2)c1. The highest BCUT2D eigenvalue weighted by molar-refractivity contribution is 5.89. The number of benzene rings is 3. The maximum Gasteiger partial charge on any atom is 0.573 e. The van der Waals surface area contributed by atoms with E-state index in [4.69, 9.17) is 0 Å². The molecule has 0 aliphatic rings. The zero-order valence-electron chi connectivity index (χ0n) is 21.0. The molecule has 4 rings (SSSR count). The molecule has 0 atom stereocenters. The first kappa shape index (κ1) is 26.7. The Morgan fingerprint density at radius 3 is 2.45 bits per heavy atom. The molecule has 0 unspecified atom stereocenters. The van der Waals surface area contributed by atoms with Gasteiger partial charge in [-0.2, -0.15) is 0 Å². The average Bonchev–Trinajstić information content (AvgIpc) is 3.37. The van der Waals surface area contributed by atoms with Crippen molar-refractivity contribution in [3.63, 3.8) is 0 Å². The molecule has 0 saturated carbocycles. The Balaban J connectivity index is 1.24. The smallest absolute Gasteiger partial charge is 0.406 e. The second-order valence-electron chi connectivity index (χ2n) is 9.02. The number of aromatic nitrogens is 3. The number of aryl methyl sites for hydroxylation is 1. The number of anilines is 1. The van der Waals surface area contributed by atoms with Crippen LogP contribution < -0.4 is 15.4 Å². The molecule has 0 fully saturated rings. The van der Waals surface area contributed by atoms with E-state index >= 15 is 0 Å². The predicted molar refractivity (Wildman–Crippen MR) is 139 cm³/mol. The number of hydrogen-bond donors (Lipinski definition) is 2. The molecule has 0 bridgehead atoms. The third kappa shape index (κ3) is 7.58. The van der Waals surface area contributed by atoms with Gasteiger partial charge in [0.25, 0.3) is 0 Å². The molecule has 0 saturated heterocycles. The number of rotatable bonds is 9. The van der Waals surface area contributed by atoms with Crippen molar-refractivity contribution in [2.75, 3.05) is 11.9 Å². The van der Waals surface area contributed by atoms with Crippen LogP contribution in [0.4, 0.5) is 23.7 Å². The Morgan fingerprint density at radius 1 is 1.03 bits per heavy atom. The number of nitrogens with zero attached hydrogens (tertiary/aromatic N) is 3. The lowest BCUT2D eigenvalue weighted by atomic mass is 10.0. The van der Waals surface area contributed by atoms with Crippen LogP contribution in [0, 0.1) is 0 Å². The van der Waals surface area contributed by atoms with Crippen molar-refractivity contribution in [2.45, 2.75) is 39.0 Å². The summed E-state index contributed by atoms with van der Waals surface area (Å²) in [6.07, 6.45) is -1.67. The number of urea groups is 1. The molecule has 1 aromatic heterocycles. The highest BCUT2D eigenvalue weighted by Crippen LogP contribution is 2.24. The zero-order valence-corrected chi connectivity index (χ0v) is 21.0. The summed E-state index contributed by atoms with van der Waals surface area (Å²) in [5.74, 6) is 0.580. The van der Waals surface area contributed by atoms with Gasteiger partial charge in [-0.15, -0.1) is 18.3 Å². The summed E-state index contributed by atoms with van der Waals surface area (Å²) in [7, 11) is 0. The van der Waals surface area contributed by atoms with E-state index in [-0.39, 0.29) is 11.8 Å². The Labute approximate surface area is 218 Å². The minimum atomic E-state index is -4.74. The molecule has 4 aromatic rings. The van der Waals surface area contributed by atoms with Crippen LogP contribution >= 0.6 is 0 Å². The second kappa shape index (κ2) is 11.8. The molecular formula is C28H28F3N5O2.